The molecular weight excluding hydrogens is 311 g/mol. The highest BCUT2D eigenvalue weighted by Gasteiger charge is 2.22. The molecule has 0 bridgehead atoms. The van der Waals surface area contributed by atoms with Gasteiger partial charge in [-0.05, 0) is 31.5 Å². The lowest BCUT2D eigenvalue weighted by molar-refractivity contribution is 0.430. The van der Waals surface area contributed by atoms with E-state index >= 15 is 0 Å². The van der Waals surface area contributed by atoms with Crippen molar-refractivity contribution in [3.63, 3.8) is 0 Å². The van der Waals surface area contributed by atoms with Crippen LogP contribution in [-0.2, 0) is 10.0 Å². The molecule has 0 spiro atoms. The van der Waals surface area contributed by atoms with Crippen LogP contribution in [0.2, 0.25) is 10.0 Å². The third-order valence-corrected chi connectivity index (χ3v) is 4.65. The first-order chi connectivity index (χ1) is 8.81. The summed E-state index contributed by atoms with van der Waals surface area (Å²) in [4.78, 5) is -0.0423. The van der Waals surface area contributed by atoms with E-state index in [1.165, 1.54) is 12.1 Å². The molecule has 1 aromatic carbocycles. The van der Waals surface area contributed by atoms with Gasteiger partial charge in [0.1, 0.15) is 15.6 Å². The predicted octanol–water partition coefficient (Wildman–Crippen LogP) is 3.40. The summed E-state index contributed by atoms with van der Waals surface area (Å²) >= 11 is 11.8. The SMILES string of the molecule is Cc1ccc(Cl)c(S(=O)(=O)Nc2onc(C)c2Cl)c1. The number of nitrogens with one attached hydrogen (secondary N) is 1. The second-order valence-electron chi connectivity index (χ2n) is 3.95. The maximum atomic E-state index is 12.2. The third kappa shape index (κ3) is 2.86. The van der Waals surface area contributed by atoms with Gasteiger partial charge >= 0.3 is 0 Å². The lowest BCUT2D eigenvalue weighted by Gasteiger charge is -2.07. The predicted molar refractivity (Wildman–Crippen MR) is 73.2 cm³/mol. The summed E-state index contributed by atoms with van der Waals surface area (Å²) in [6.07, 6.45) is 0. The lowest BCUT2D eigenvalue weighted by atomic mass is 10.2. The summed E-state index contributed by atoms with van der Waals surface area (Å²) < 4.78 is 31.4. The number of hydrogen-bond donors (Lipinski definition) is 1. The second-order valence-corrected chi connectivity index (χ2v) is 6.39. The Morgan fingerprint density at radius 1 is 1.26 bits per heavy atom. The second kappa shape index (κ2) is 5.03. The fourth-order valence-electron chi connectivity index (χ4n) is 1.42. The van der Waals surface area contributed by atoms with E-state index in [0.717, 1.165) is 5.56 Å². The largest absolute Gasteiger partial charge is 0.336 e. The van der Waals surface area contributed by atoms with Gasteiger partial charge in [0, 0.05) is 0 Å². The number of aromatic nitrogens is 1. The molecule has 8 heteroatoms. The highest BCUT2D eigenvalue weighted by molar-refractivity contribution is 7.92. The van der Waals surface area contributed by atoms with Gasteiger partial charge in [0.2, 0.25) is 0 Å². The Morgan fingerprint density at radius 2 is 1.95 bits per heavy atom. The van der Waals surface area contributed by atoms with Crippen LogP contribution in [0.4, 0.5) is 5.88 Å². The van der Waals surface area contributed by atoms with Crippen molar-refractivity contribution < 1.29 is 12.9 Å². The minimum absolute atomic E-state index is 0.0423. The first-order valence-corrected chi connectivity index (χ1v) is 7.46. The van der Waals surface area contributed by atoms with Crippen molar-refractivity contribution >= 4 is 39.1 Å². The molecule has 19 heavy (non-hydrogen) atoms. The number of benzene rings is 1. The quantitative estimate of drug-likeness (QED) is 0.940. The third-order valence-electron chi connectivity index (χ3n) is 2.39. The molecule has 0 saturated heterocycles. The number of halogens is 2. The van der Waals surface area contributed by atoms with Crippen LogP contribution in [0, 0.1) is 13.8 Å². The molecule has 0 aliphatic rings. The van der Waals surface area contributed by atoms with E-state index in [1.54, 1.807) is 19.9 Å². The summed E-state index contributed by atoms with van der Waals surface area (Å²) in [6, 6.07) is 4.69. The highest BCUT2D eigenvalue weighted by Crippen LogP contribution is 2.29. The summed E-state index contributed by atoms with van der Waals surface area (Å²) in [5, 5.41) is 3.80. The van der Waals surface area contributed by atoms with Gasteiger partial charge in [0.15, 0.2) is 0 Å². The van der Waals surface area contributed by atoms with E-state index in [-0.39, 0.29) is 20.8 Å². The maximum Gasteiger partial charge on any atom is 0.265 e. The van der Waals surface area contributed by atoms with Gasteiger partial charge in [-0.2, -0.15) is 0 Å². The first kappa shape index (κ1) is 14.2. The maximum absolute atomic E-state index is 12.2. The zero-order valence-electron chi connectivity index (χ0n) is 10.1. The molecule has 0 unspecified atom stereocenters. The summed E-state index contributed by atoms with van der Waals surface area (Å²) in [6.45, 7) is 3.37. The number of hydrogen-bond acceptors (Lipinski definition) is 4. The van der Waals surface area contributed by atoms with E-state index in [1.807, 2.05) is 0 Å². The van der Waals surface area contributed by atoms with Crippen LogP contribution < -0.4 is 4.72 Å². The standard InChI is InChI=1S/C11H10Cl2N2O3S/c1-6-3-4-8(12)9(5-6)19(16,17)15-11-10(13)7(2)14-18-11/h3-5,15H,1-2H3. The molecular formula is C11H10Cl2N2O3S. The number of aryl methyl sites for hydroxylation is 2. The Bertz CT molecular complexity index is 726. The average Bonchev–Trinajstić information content (AvgIpc) is 2.63. The molecule has 5 nitrogen and oxygen atoms in total. The Kier molecular flexibility index (Phi) is 3.75. The fraction of sp³-hybridized carbons (Fsp3) is 0.182. The molecule has 1 heterocycles. The van der Waals surface area contributed by atoms with E-state index in [2.05, 4.69) is 9.88 Å². The van der Waals surface area contributed by atoms with Gasteiger partial charge in [0.25, 0.3) is 15.9 Å². The molecule has 0 saturated carbocycles. The average molecular weight is 321 g/mol. The Balaban J connectivity index is 2.43. The molecule has 0 fully saturated rings. The van der Waals surface area contributed by atoms with Gasteiger partial charge in [0.05, 0.1) is 5.02 Å². The molecule has 2 aromatic rings. The fourth-order valence-corrected chi connectivity index (χ4v) is 3.17. The normalized spacial score (nSPS) is 11.6. The van der Waals surface area contributed by atoms with Crippen molar-refractivity contribution in [3.8, 4) is 0 Å². The van der Waals surface area contributed by atoms with Gasteiger partial charge in [-0.3, -0.25) is 0 Å². The van der Waals surface area contributed by atoms with Crippen molar-refractivity contribution in [1.82, 2.24) is 5.16 Å². The van der Waals surface area contributed by atoms with Crippen LogP contribution in [-0.4, -0.2) is 13.6 Å². The zero-order valence-corrected chi connectivity index (χ0v) is 12.4. The molecule has 0 aliphatic heterocycles. The topological polar surface area (TPSA) is 72.2 Å². The molecule has 1 N–H and O–H groups in total. The van der Waals surface area contributed by atoms with Crippen molar-refractivity contribution in [2.24, 2.45) is 0 Å². The van der Waals surface area contributed by atoms with Crippen LogP contribution in [0.25, 0.3) is 0 Å². The van der Waals surface area contributed by atoms with Crippen LogP contribution in [0.5, 0.6) is 0 Å². The number of nitrogens with zero attached hydrogens (tertiary/aromatic N) is 1. The molecule has 1 aromatic heterocycles. The lowest BCUT2D eigenvalue weighted by Crippen LogP contribution is -2.13. The molecule has 0 atom stereocenters. The molecule has 0 radical (unpaired) electrons. The molecule has 0 amide bonds. The monoisotopic (exact) mass is 320 g/mol. The van der Waals surface area contributed by atoms with E-state index in [0.29, 0.717) is 5.69 Å². The summed E-state index contributed by atoms with van der Waals surface area (Å²) in [7, 11) is -3.88. The van der Waals surface area contributed by atoms with Gasteiger partial charge in [-0.25, -0.2) is 13.1 Å². The first-order valence-electron chi connectivity index (χ1n) is 5.22. The van der Waals surface area contributed by atoms with E-state index in [9.17, 15) is 8.42 Å². The Morgan fingerprint density at radius 3 is 2.53 bits per heavy atom. The minimum atomic E-state index is -3.88. The Hall–Kier alpha value is -1.24. The van der Waals surface area contributed by atoms with Gasteiger partial charge in [-0.1, -0.05) is 34.4 Å². The van der Waals surface area contributed by atoms with Crippen LogP contribution >= 0.6 is 23.2 Å². The number of sulfonamides is 1. The van der Waals surface area contributed by atoms with Crippen molar-refractivity contribution in [2.45, 2.75) is 18.7 Å². The Labute approximate surface area is 120 Å². The summed E-state index contributed by atoms with van der Waals surface area (Å²) in [5.41, 5.74) is 1.17. The van der Waals surface area contributed by atoms with Crippen LogP contribution in [0.3, 0.4) is 0 Å². The van der Waals surface area contributed by atoms with E-state index in [4.69, 9.17) is 27.7 Å². The minimum Gasteiger partial charge on any atom is -0.336 e. The molecule has 102 valence electrons. The van der Waals surface area contributed by atoms with Crippen molar-refractivity contribution in [2.75, 3.05) is 4.72 Å². The van der Waals surface area contributed by atoms with Gasteiger partial charge < -0.3 is 4.52 Å². The van der Waals surface area contributed by atoms with Crippen LogP contribution in [0.1, 0.15) is 11.3 Å². The van der Waals surface area contributed by atoms with Crippen LogP contribution in [0.15, 0.2) is 27.6 Å². The number of anilines is 1. The molecule has 0 aliphatic carbocycles. The summed E-state index contributed by atoms with van der Waals surface area (Å²) in [5.74, 6) is -0.128. The number of rotatable bonds is 3. The van der Waals surface area contributed by atoms with E-state index < -0.39 is 10.0 Å². The van der Waals surface area contributed by atoms with Gasteiger partial charge in [-0.15, -0.1) is 0 Å². The van der Waals surface area contributed by atoms with Crippen molar-refractivity contribution in [1.29, 1.82) is 0 Å². The zero-order chi connectivity index (χ0) is 14.2. The van der Waals surface area contributed by atoms with Crippen molar-refractivity contribution in [3.05, 3.63) is 39.5 Å². The highest BCUT2D eigenvalue weighted by atomic mass is 35.5. The molecule has 2 rings (SSSR count). The smallest absolute Gasteiger partial charge is 0.265 e.